The Hall–Kier alpha value is -2.26. The van der Waals surface area contributed by atoms with Crippen molar-refractivity contribution in [2.24, 2.45) is 5.73 Å². The Morgan fingerprint density at radius 1 is 1.44 bits per heavy atom. The molecule has 1 atom stereocenters. The smallest absolute Gasteiger partial charge is 0.268 e. The fourth-order valence-corrected chi connectivity index (χ4v) is 3.67. The highest BCUT2D eigenvalue weighted by molar-refractivity contribution is 7.11. The molecule has 0 saturated carbocycles. The lowest BCUT2D eigenvalue weighted by Gasteiger charge is -2.13. The predicted octanol–water partition coefficient (Wildman–Crippen LogP) is 3.16. The van der Waals surface area contributed by atoms with Gasteiger partial charge in [-0.3, -0.25) is 4.79 Å². The highest BCUT2D eigenvalue weighted by atomic mass is 35.5. The van der Waals surface area contributed by atoms with Crippen LogP contribution in [-0.4, -0.2) is 27.5 Å². The molecule has 1 aromatic carbocycles. The van der Waals surface area contributed by atoms with E-state index in [-0.39, 0.29) is 24.1 Å². The Kier molecular flexibility index (Phi) is 5.91. The third kappa shape index (κ3) is 4.19. The predicted molar refractivity (Wildman–Crippen MR) is 103 cm³/mol. The third-order valence-electron chi connectivity index (χ3n) is 4.05. The second kappa shape index (κ2) is 8.18. The van der Waals surface area contributed by atoms with Crippen LogP contribution < -0.4 is 11.1 Å². The van der Waals surface area contributed by atoms with Gasteiger partial charge in [0, 0.05) is 17.8 Å². The second-order valence-electron chi connectivity index (χ2n) is 5.90. The maximum atomic E-state index is 13.6. The number of H-pyrrole nitrogens is 1. The number of nitrogens with zero attached hydrogens (tertiary/aromatic N) is 1. The number of amides is 1. The molecule has 0 fully saturated rings. The summed E-state index contributed by atoms with van der Waals surface area (Å²) in [6.45, 7) is 1.86. The van der Waals surface area contributed by atoms with Crippen LogP contribution in [-0.2, 0) is 6.61 Å². The van der Waals surface area contributed by atoms with Gasteiger partial charge in [0.15, 0.2) is 0 Å². The van der Waals surface area contributed by atoms with Gasteiger partial charge in [0.2, 0.25) is 0 Å². The summed E-state index contributed by atoms with van der Waals surface area (Å²) >= 11 is 7.01. The number of carbonyl (C=O) groups excluding carboxylic acids is 1. The van der Waals surface area contributed by atoms with Gasteiger partial charge in [-0.2, -0.15) is 0 Å². The van der Waals surface area contributed by atoms with Gasteiger partial charge in [0.25, 0.3) is 5.91 Å². The molecule has 0 radical (unpaired) electrons. The van der Waals surface area contributed by atoms with E-state index in [4.69, 9.17) is 17.3 Å². The molecular weight excluding hydrogens is 391 g/mol. The molecule has 0 aliphatic heterocycles. The Labute approximate surface area is 164 Å². The summed E-state index contributed by atoms with van der Waals surface area (Å²) in [6, 6.07) is 7.25. The van der Waals surface area contributed by atoms with E-state index in [1.165, 1.54) is 23.5 Å². The molecule has 0 aliphatic carbocycles. The van der Waals surface area contributed by atoms with Crippen molar-refractivity contribution in [2.75, 3.05) is 6.54 Å². The Balaban J connectivity index is 1.77. The van der Waals surface area contributed by atoms with Crippen molar-refractivity contribution < 1.29 is 14.3 Å². The van der Waals surface area contributed by atoms with Crippen LogP contribution in [0.1, 0.15) is 32.1 Å². The molecule has 27 heavy (non-hydrogen) atoms. The van der Waals surface area contributed by atoms with E-state index in [2.05, 4.69) is 15.3 Å². The molecule has 2 heterocycles. The van der Waals surface area contributed by atoms with Gasteiger partial charge in [-0.25, -0.2) is 9.37 Å². The summed E-state index contributed by atoms with van der Waals surface area (Å²) in [5.74, 6) is -0.888. The maximum absolute atomic E-state index is 13.6. The molecule has 1 amide bonds. The summed E-state index contributed by atoms with van der Waals surface area (Å²) in [7, 11) is 0. The number of nitrogens with one attached hydrogen (secondary N) is 2. The first kappa shape index (κ1) is 19.5. The number of aliphatic hydroxyl groups is 1. The van der Waals surface area contributed by atoms with Crippen LogP contribution in [0, 0.1) is 12.7 Å². The molecule has 0 aliphatic rings. The number of benzene rings is 1. The van der Waals surface area contributed by atoms with Crippen LogP contribution in [0.4, 0.5) is 4.39 Å². The van der Waals surface area contributed by atoms with Gasteiger partial charge in [-0.1, -0.05) is 17.7 Å². The summed E-state index contributed by atoms with van der Waals surface area (Å²) in [5.41, 5.74) is 7.99. The normalized spacial score (nSPS) is 12.2. The first-order chi connectivity index (χ1) is 12.9. The fourth-order valence-electron chi connectivity index (χ4n) is 2.56. The van der Waals surface area contributed by atoms with E-state index < -0.39 is 11.9 Å². The first-order valence-electron chi connectivity index (χ1n) is 8.15. The van der Waals surface area contributed by atoms with Crippen molar-refractivity contribution in [1.29, 1.82) is 0 Å². The molecule has 0 bridgehead atoms. The highest BCUT2D eigenvalue weighted by Crippen LogP contribution is 2.25. The van der Waals surface area contributed by atoms with Gasteiger partial charge >= 0.3 is 0 Å². The maximum Gasteiger partial charge on any atom is 0.268 e. The molecule has 5 N–H and O–H groups in total. The second-order valence-corrected chi connectivity index (χ2v) is 7.42. The van der Waals surface area contributed by atoms with E-state index in [0.29, 0.717) is 22.0 Å². The number of halogens is 2. The van der Waals surface area contributed by atoms with E-state index >= 15 is 0 Å². The molecule has 3 aromatic rings. The Morgan fingerprint density at radius 2 is 2.22 bits per heavy atom. The van der Waals surface area contributed by atoms with E-state index in [9.17, 15) is 14.3 Å². The van der Waals surface area contributed by atoms with Gasteiger partial charge in [-0.05, 0) is 31.2 Å². The zero-order valence-electron chi connectivity index (χ0n) is 14.4. The SMILES string of the molecule is Cc1nc(C(CN)NC(=O)c2ccc(-c3ccc(Cl)c(F)c3)[nH]2)sc1CO. The highest BCUT2D eigenvalue weighted by Gasteiger charge is 2.20. The van der Waals surface area contributed by atoms with Crippen molar-refractivity contribution in [2.45, 2.75) is 19.6 Å². The number of rotatable bonds is 6. The minimum absolute atomic E-state index is 0.0371. The minimum Gasteiger partial charge on any atom is -0.391 e. The molecule has 0 spiro atoms. The van der Waals surface area contributed by atoms with E-state index in [0.717, 1.165) is 10.6 Å². The number of thiazole rings is 1. The topological polar surface area (TPSA) is 104 Å². The monoisotopic (exact) mass is 408 g/mol. The first-order valence-corrected chi connectivity index (χ1v) is 9.34. The number of carbonyl (C=O) groups is 1. The van der Waals surface area contributed by atoms with Crippen molar-refractivity contribution in [1.82, 2.24) is 15.3 Å². The van der Waals surface area contributed by atoms with Crippen LogP contribution >= 0.6 is 22.9 Å². The van der Waals surface area contributed by atoms with Crippen molar-refractivity contribution >= 4 is 28.8 Å². The van der Waals surface area contributed by atoms with Crippen LogP contribution in [0.15, 0.2) is 30.3 Å². The fraction of sp³-hybridized carbons (Fsp3) is 0.222. The molecule has 2 aromatic heterocycles. The number of aryl methyl sites for hydroxylation is 1. The summed E-state index contributed by atoms with van der Waals surface area (Å²) in [5, 5.41) is 12.8. The average Bonchev–Trinajstić information content (AvgIpc) is 3.28. The summed E-state index contributed by atoms with van der Waals surface area (Å²) < 4.78 is 13.6. The van der Waals surface area contributed by atoms with Crippen LogP contribution in [0.3, 0.4) is 0 Å². The Bertz CT molecular complexity index is 972. The van der Waals surface area contributed by atoms with Gasteiger partial charge in [-0.15, -0.1) is 11.3 Å². The van der Waals surface area contributed by atoms with Gasteiger partial charge in [0.05, 0.1) is 28.2 Å². The van der Waals surface area contributed by atoms with Gasteiger partial charge < -0.3 is 21.1 Å². The number of aromatic amines is 1. The molecule has 9 heteroatoms. The number of aromatic nitrogens is 2. The molecule has 142 valence electrons. The van der Waals surface area contributed by atoms with E-state index in [1.807, 2.05) is 0 Å². The number of hydrogen-bond donors (Lipinski definition) is 4. The quantitative estimate of drug-likeness (QED) is 0.503. The number of nitrogens with two attached hydrogens (primary N) is 1. The Morgan fingerprint density at radius 3 is 2.85 bits per heavy atom. The zero-order chi connectivity index (χ0) is 19.6. The van der Waals surface area contributed by atoms with Crippen LogP contribution in [0.25, 0.3) is 11.3 Å². The molecule has 3 rings (SSSR count). The molecule has 0 saturated heterocycles. The van der Waals surface area contributed by atoms with Crippen molar-refractivity contribution in [3.63, 3.8) is 0 Å². The number of hydrogen-bond acceptors (Lipinski definition) is 5. The average molecular weight is 409 g/mol. The third-order valence-corrected chi connectivity index (χ3v) is 5.62. The van der Waals surface area contributed by atoms with E-state index in [1.54, 1.807) is 25.1 Å². The zero-order valence-corrected chi connectivity index (χ0v) is 16.0. The summed E-state index contributed by atoms with van der Waals surface area (Å²) in [4.78, 5) is 20.6. The standard InChI is InChI=1S/C18H18ClFN4O2S/c1-9-16(8-25)27-18(22-9)15(7-21)24-17(26)14-5-4-13(23-14)10-2-3-11(19)12(20)6-10/h2-6,15,23,25H,7-8,21H2,1H3,(H,24,26). The van der Waals surface area contributed by atoms with Crippen molar-refractivity contribution in [3.8, 4) is 11.3 Å². The molecular formula is C18H18ClFN4O2S. The lowest BCUT2D eigenvalue weighted by Crippen LogP contribution is -2.33. The van der Waals surface area contributed by atoms with Gasteiger partial charge in [0.1, 0.15) is 16.5 Å². The lowest BCUT2D eigenvalue weighted by molar-refractivity contribution is 0.0933. The van der Waals surface area contributed by atoms with Crippen molar-refractivity contribution in [3.05, 3.63) is 62.4 Å². The van der Waals surface area contributed by atoms with Crippen LogP contribution in [0.2, 0.25) is 5.02 Å². The summed E-state index contributed by atoms with van der Waals surface area (Å²) in [6.07, 6.45) is 0. The largest absolute Gasteiger partial charge is 0.391 e. The minimum atomic E-state index is -0.531. The molecule has 6 nitrogen and oxygen atoms in total. The lowest BCUT2D eigenvalue weighted by atomic mass is 10.1. The van der Waals surface area contributed by atoms with Crippen LogP contribution in [0.5, 0.6) is 0 Å². The number of aliphatic hydroxyl groups excluding tert-OH is 1. The molecule has 1 unspecified atom stereocenters.